The van der Waals surface area contributed by atoms with Crippen molar-refractivity contribution in [3.63, 3.8) is 0 Å². The Morgan fingerprint density at radius 3 is 2.79 bits per heavy atom. The quantitative estimate of drug-likeness (QED) is 0.762. The van der Waals surface area contributed by atoms with Gasteiger partial charge in [0.15, 0.2) is 0 Å². The van der Waals surface area contributed by atoms with Crippen molar-refractivity contribution in [3.05, 3.63) is 46.4 Å². The fraction of sp³-hybridized carbons (Fsp3) is 0.235. The highest BCUT2D eigenvalue weighted by atomic mass is 32.2. The molecule has 0 saturated carbocycles. The molecule has 1 aromatic rings. The molecule has 0 saturated heterocycles. The van der Waals surface area contributed by atoms with Gasteiger partial charge in [0, 0.05) is 28.0 Å². The molecule has 2 aliphatic rings. The Bertz CT molecular complexity index is 828. The second-order valence-electron chi connectivity index (χ2n) is 5.96. The highest BCUT2D eigenvalue weighted by Gasteiger charge is 2.36. The maximum atomic E-state index is 12.5. The summed E-state index contributed by atoms with van der Waals surface area (Å²) in [5, 5.41) is 5.47. The molecule has 7 heteroatoms. The SMILES string of the molecule is CNC(=O)C1(C)C=C2Sc3ccc(C(N)=O)cc3NC(=O)C2=CC1. The number of fused-ring (bicyclic) bond motifs is 2. The number of carbonyl (C=O) groups is 3. The summed E-state index contributed by atoms with van der Waals surface area (Å²) >= 11 is 1.39. The van der Waals surface area contributed by atoms with E-state index >= 15 is 0 Å². The summed E-state index contributed by atoms with van der Waals surface area (Å²) in [4.78, 5) is 37.5. The first-order valence-corrected chi connectivity index (χ1v) is 8.24. The molecular weight excluding hydrogens is 326 g/mol. The molecule has 6 nitrogen and oxygen atoms in total. The number of nitrogens with two attached hydrogens (primary N) is 1. The molecule has 24 heavy (non-hydrogen) atoms. The Balaban J connectivity index is 2.05. The van der Waals surface area contributed by atoms with Crippen LogP contribution in [0, 0.1) is 5.41 Å². The lowest BCUT2D eigenvalue weighted by Gasteiger charge is -2.27. The molecule has 4 N–H and O–H groups in total. The summed E-state index contributed by atoms with van der Waals surface area (Å²) in [6.07, 6.45) is 4.07. The minimum atomic E-state index is -0.696. The maximum Gasteiger partial charge on any atom is 0.256 e. The minimum absolute atomic E-state index is 0.0974. The van der Waals surface area contributed by atoms with Crippen LogP contribution in [0.4, 0.5) is 5.69 Å². The van der Waals surface area contributed by atoms with E-state index in [-0.39, 0.29) is 11.8 Å². The Labute approximate surface area is 143 Å². The van der Waals surface area contributed by atoms with Gasteiger partial charge in [-0.2, -0.15) is 0 Å². The van der Waals surface area contributed by atoms with E-state index in [9.17, 15) is 14.4 Å². The summed E-state index contributed by atoms with van der Waals surface area (Å²) in [6, 6.07) is 4.94. The Kier molecular flexibility index (Phi) is 3.96. The van der Waals surface area contributed by atoms with Gasteiger partial charge in [0.25, 0.3) is 5.91 Å². The van der Waals surface area contributed by atoms with Gasteiger partial charge in [-0.05, 0) is 31.5 Å². The lowest BCUT2D eigenvalue weighted by Crippen LogP contribution is -2.36. The molecule has 3 amide bonds. The van der Waals surface area contributed by atoms with Gasteiger partial charge in [-0.25, -0.2) is 0 Å². The van der Waals surface area contributed by atoms with Gasteiger partial charge < -0.3 is 16.4 Å². The van der Waals surface area contributed by atoms with Crippen LogP contribution >= 0.6 is 11.8 Å². The molecule has 3 rings (SSSR count). The zero-order valence-corrected chi connectivity index (χ0v) is 14.1. The number of carbonyl (C=O) groups excluding carboxylic acids is 3. The maximum absolute atomic E-state index is 12.5. The van der Waals surface area contributed by atoms with Crippen LogP contribution in [0.15, 0.2) is 45.7 Å². The molecule has 0 aromatic heterocycles. The third-order valence-corrected chi connectivity index (χ3v) is 5.30. The lowest BCUT2D eigenvalue weighted by atomic mass is 9.81. The highest BCUT2D eigenvalue weighted by molar-refractivity contribution is 8.03. The highest BCUT2D eigenvalue weighted by Crippen LogP contribution is 2.45. The fourth-order valence-corrected chi connectivity index (χ4v) is 3.95. The molecule has 1 aliphatic heterocycles. The van der Waals surface area contributed by atoms with Crippen molar-refractivity contribution < 1.29 is 14.4 Å². The van der Waals surface area contributed by atoms with Gasteiger partial charge in [0.05, 0.1) is 11.1 Å². The van der Waals surface area contributed by atoms with Crippen molar-refractivity contribution in [1.29, 1.82) is 0 Å². The van der Waals surface area contributed by atoms with Gasteiger partial charge in [-0.1, -0.05) is 23.9 Å². The summed E-state index contributed by atoms with van der Waals surface area (Å²) in [5.41, 5.74) is 6.01. The fourth-order valence-electron chi connectivity index (χ4n) is 2.75. The average Bonchev–Trinajstić information content (AvgIpc) is 2.68. The normalized spacial score (nSPS) is 22.2. The molecule has 1 unspecified atom stereocenters. The summed E-state index contributed by atoms with van der Waals surface area (Å²) in [7, 11) is 1.60. The van der Waals surface area contributed by atoms with Crippen molar-refractivity contribution in [1.82, 2.24) is 5.32 Å². The summed E-state index contributed by atoms with van der Waals surface area (Å²) in [6.45, 7) is 1.84. The minimum Gasteiger partial charge on any atom is -0.366 e. The number of hydrogen-bond donors (Lipinski definition) is 3. The second-order valence-corrected chi connectivity index (χ2v) is 7.04. The van der Waals surface area contributed by atoms with Gasteiger partial charge in [0.2, 0.25) is 11.8 Å². The van der Waals surface area contributed by atoms with Crippen LogP contribution in [-0.2, 0) is 9.59 Å². The molecule has 124 valence electrons. The van der Waals surface area contributed by atoms with E-state index in [1.165, 1.54) is 11.8 Å². The first-order valence-electron chi connectivity index (χ1n) is 7.43. The standard InChI is InChI=1S/C17H17N3O3S/c1-17(16(23)19-2)6-5-10-13(8-17)24-12-4-3-9(14(18)21)7-11(12)20-15(10)22/h3-5,7-8H,6H2,1-2H3,(H2,18,21)(H,19,23)(H,20,22). The summed E-state index contributed by atoms with van der Waals surface area (Å²) in [5.74, 6) is -0.905. The Morgan fingerprint density at radius 1 is 1.38 bits per heavy atom. The van der Waals surface area contributed by atoms with E-state index in [2.05, 4.69) is 10.6 Å². The number of benzene rings is 1. The Hall–Kier alpha value is -2.54. The molecule has 1 atom stereocenters. The number of hydrogen-bond acceptors (Lipinski definition) is 4. The van der Waals surface area contributed by atoms with Crippen molar-refractivity contribution in [2.75, 3.05) is 12.4 Å². The van der Waals surface area contributed by atoms with Crippen LogP contribution < -0.4 is 16.4 Å². The van der Waals surface area contributed by atoms with Crippen molar-refractivity contribution in [2.24, 2.45) is 11.1 Å². The van der Waals surface area contributed by atoms with E-state index in [1.807, 2.05) is 13.0 Å². The van der Waals surface area contributed by atoms with E-state index < -0.39 is 11.3 Å². The second kappa shape index (κ2) is 5.83. The predicted octanol–water partition coefficient (Wildman–Crippen LogP) is 1.80. The molecular formula is C17H17N3O3S. The number of rotatable bonds is 2. The van der Waals surface area contributed by atoms with E-state index in [0.29, 0.717) is 23.2 Å². The molecule has 0 radical (unpaired) electrons. The first-order chi connectivity index (χ1) is 11.3. The molecule has 1 aliphatic carbocycles. The molecule has 1 aromatic carbocycles. The average molecular weight is 343 g/mol. The van der Waals surface area contributed by atoms with E-state index in [1.54, 1.807) is 31.3 Å². The predicted molar refractivity (Wildman–Crippen MR) is 92.4 cm³/mol. The largest absolute Gasteiger partial charge is 0.366 e. The van der Waals surface area contributed by atoms with Crippen LogP contribution in [0.3, 0.4) is 0 Å². The lowest BCUT2D eigenvalue weighted by molar-refractivity contribution is -0.127. The molecule has 1 heterocycles. The van der Waals surface area contributed by atoms with Gasteiger partial charge in [0.1, 0.15) is 0 Å². The van der Waals surface area contributed by atoms with Crippen LogP contribution in [0.1, 0.15) is 23.7 Å². The van der Waals surface area contributed by atoms with Crippen LogP contribution in [-0.4, -0.2) is 24.8 Å². The van der Waals surface area contributed by atoms with Crippen molar-refractivity contribution in [3.8, 4) is 0 Å². The monoisotopic (exact) mass is 343 g/mol. The zero-order valence-electron chi connectivity index (χ0n) is 13.3. The summed E-state index contributed by atoms with van der Waals surface area (Å²) < 4.78 is 0. The third-order valence-electron chi connectivity index (χ3n) is 4.17. The zero-order chi connectivity index (χ0) is 17.5. The van der Waals surface area contributed by atoms with Crippen LogP contribution in [0.2, 0.25) is 0 Å². The smallest absolute Gasteiger partial charge is 0.256 e. The van der Waals surface area contributed by atoms with Crippen molar-refractivity contribution in [2.45, 2.75) is 18.2 Å². The first kappa shape index (κ1) is 16.3. The number of nitrogens with one attached hydrogen (secondary N) is 2. The molecule has 0 fully saturated rings. The number of thioether (sulfide) groups is 1. The van der Waals surface area contributed by atoms with Gasteiger partial charge >= 0.3 is 0 Å². The van der Waals surface area contributed by atoms with Crippen molar-refractivity contribution >= 4 is 35.2 Å². The number of anilines is 1. The van der Waals surface area contributed by atoms with Gasteiger partial charge in [-0.15, -0.1) is 0 Å². The molecule has 0 bridgehead atoms. The van der Waals surface area contributed by atoms with Crippen LogP contribution in [0.5, 0.6) is 0 Å². The third kappa shape index (κ3) is 2.71. The molecule has 0 spiro atoms. The number of amides is 3. The topological polar surface area (TPSA) is 101 Å². The number of allylic oxidation sites excluding steroid dienone is 1. The van der Waals surface area contributed by atoms with E-state index in [0.717, 1.165) is 9.80 Å². The number of primary amides is 1. The van der Waals surface area contributed by atoms with Crippen LogP contribution in [0.25, 0.3) is 0 Å². The van der Waals surface area contributed by atoms with Gasteiger partial charge in [-0.3, -0.25) is 14.4 Å². The Morgan fingerprint density at radius 2 is 2.12 bits per heavy atom. The van der Waals surface area contributed by atoms with E-state index in [4.69, 9.17) is 5.73 Å².